The lowest BCUT2D eigenvalue weighted by Gasteiger charge is -2.42. The van der Waals surface area contributed by atoms with Gasteiger partial charge in [-0.2, -0.15) is 0 Å². The van der Waals surface area contributed by atoms with Crippen molar-refractivity contribution >= 4 is 11.6 Å². The van der Waals surface area contributed by atoms with E-state index in [1.807, 2.05) is 23.8 Å². The lowest BCUT2D eigenvalue weighted by Crippen LogP contribution is -2.53. The molecule has 0 spiro atoms. The van der Waals surface area contributed by atoms with E-state index < -0.39 is 0 Å². The molecular weight excluding hydrogens is 355 g/mol. The first-order valence-electron chi connectivity index (χ1n) is 10.2. The lowest BCUT2D eigenvalue weighted by atomic mass is 9.94. The van der Waals surface area contributed by atoms with E-state index in [4.69, 9.17) is 0 Å². The summed E-state index contributed by atoms with van der Waals surface area (Å²) in [7, 11) is 0. The zero-order valence-corrected chi connectivity index (χ0v) is 16.9. The first-order valence-corrected chi connectivity index (χ1v) is 10.2. The van der Waals surface area contributed by atoms with Crippen molar-refractivity contribution in [3.63, 3.8) is 0 Å². The number of fused-ring (bicyclic) bond motifs is 1. The molecule has 150 valence electrons. The van der Waals surface area contributed by atoms with Gasteiger partial charge in [-0.15, -0.1) is 0 Å². The van der Waals surface area contributed by atoms with E-state index in [0.717, 1.165) is 37.3 Å². The Morgan fingerprint density at radius 2 is 2.14 bits per heavy atom. The van der Waals surface area contributed by atoms with Gasteiger partial charge in [0.25, 0.3) is 0 Å². The number of likely N-dealkylation sites (tertiary alicyclic amines) is 1. The number of aryl methyl sites for hydroxylation is 2. The number of benzene rings is 1. The van der Waals surface area contributed by atoms with Gasteiger partial charge < -0.3 is 14.4 Å². The van der Waals surface area contributed by atoms with Crippen LogP contribution in [0.25, 0.3) is 0 Å². The average Bonchev–Trinajstić information content (AvgIpc) is 3.17. The van der Waals surface area contributed by atoms with Crippen LogP contribution in [0.3, 0.4) is 0 Å². The molecular formula is C22H29FN4O. The van der Waals surface area contributed by atoms with Crippen LogP contribution < -0.4 is 4.90 Å². The topological polar surface area (TPSA) is 41.4 Å². The van der Waals surface area contributed by atoms with Crippen LogP contribution in [0.4, 0.5) is 10.1 Å². The Hall–Kier alpha value is -2.37. The molecule has 6 heteroatoms. The Morgan fingerprint density at radius 1 is 1.32 bits per heavy atom. The zero-order valence-electron chi connectivity index (χ0n) is 16.9. The molecule has 28 heavy (non-hydrogen) atoms. The van der Waals surface area contributed by atoms with Gasteiger partial charge in [-0.25, -0.2) is 9.37 Å². The fraction of sp³-hybridized carbons (Fsp3) is 0.545. The number of hydrogen-bond donors (Lipinski definition) is 0. The number of hydrogen-bond acceptors (Lipinski definition) is 3. The summed E-state index contributed by atoms with van der Waals surface area (Å²) in [6.07, 6.45) is 7.11. The second kappa shape index (κ2) is 7.22. The number of carbonyl (C=O) groups excluding carboxylic acids is 1. The van der Waals surface area contributed by atoms with Crippen LogP contribution in [-0.2, 0) is 11.3 Å². The maximum atomic E-state index is 13.9. The van der Waals surface area contributed by atoms with Crippen molar-refractivity contribution in [1.29, 1.82) is 0 Å². The molecule has 0 radical (unpaired) electrons. The summed E-state index contributed by atoms with van der Waals surface area (Å²) in [6, 6.07) is 7.28. The molecule has 1 amide bonds. The molecule has 0 saturated carbocycles. The number of carbonyl (C=O) groups is 1. The minimum absolute atomic E-state index is 0.118. The predicted molar refractivity (Wildman–Crippen MR) is 108 cm³/mol. The smallest absolute Gasteiger partial charge is 0.224 e. The molecule has 2 saturated heterocycles. The van der Waals surface area contributed by atoms with Crippen LogP contribution in [-0.4, -0.2) is 44.5 Å². The van der Waals surface area contributed by atoms with Gasteiger partial charge in [-0.05, 0) is 58.2 Å². The summed E-state index contributed by atoms with van der Waals surface area (Å²) in [4.78, 5) is 21.7. The van der Waals surface area contributed by atoms with Crippen LogP contribution in [0.1, 0.15) is 45.4 Å². The van der Waals surface area contributed by atoms with Gasteiger partial charge in [-0.3, -0.25) is 4.79 Å². The van der Waals surface area contributed by atoms with Gasteiger partial charge in [0, 0.05) is 43.1 Å². The highest BCUT2D eigenvalue weighted by molar-refractivity contribution is 5.77. The van der Waals surface area contributed by atoms with E-state index >= 15 is 0 Å². The number of imidazole rings is 1. The highest BCUT2D eigenvalue weighted by Gasteiger charge is 2.50. The van der Waals surface area contributed by atoms with E-state index in [0.29, 0.717) is 13.0 Å². The van der Waals surface area contributed by atoms with Gasteiger partial charge in [0.15, 0.2) is 0 Å². The molecule has 4 rings (SSSR count). The fourth-order valence-corrected chi connectivity index (χ4v) is 5.12. The molecule has 1 aromatic carbocycles. The number of piperidine rings is 1. The first kappa shape index (κ1) is 19.0. The maximum Gasteiger partial charge on any atom is 0.224 e. The van der Waals surface area contributed by atoms with Crippen LogP contribution in [0, 0.1) is 12.7 Å². The van der Waals surface area contributed by atoms with Crippen LogP contribution >= 0.6 is 0 Å². The summed E-state index contributed by atoms with van der Waals surface area (Å²) < 4.78 is 15.9. The van der Waals surface area contributed by atoms with E-state index in [-0.39, 0.29) is 29.3 Å². The standard InChI is InChI=1S/C22H29FN4O/c1-16-24-10-13-25(16)12-9-21(28)26-11-5-8-19-20(26)15-22(2,3)27(19)18-7-4-6-17(23)14-18/h4,6-7,10,13-14,19-20H,5,8-9,11-12,15H2,1-3H3/t19-,20-/m0/s1. The van der Waals surface area contributed by atoms with Crippen molar-refractivity contribution in [3.8, 4) is 0 Å². The van der Waals surface area contributed by atoms with E-state index in [9.17, 15) is 9.18 Å². The molecule has 3 heterocycles. The molecule has 0 unspecified atom stereocenters. The molecule has 0 aliphatic carbocycles. The van der Waals surface area contributed by atoms with Gasteiger partial charge in [-0.1, -0.05) is 6.07 Å². The number of anilines is 1. The normalized spacial score (nSPS) is 23.7. The van der Waals surface area contributed by atoms with Crippen molar-refractivity contribution in [2.45, 2.75) is 70.6 Å². The van der Waals surface area contributed by atoms with Crippen LogP contribution in [0.2, 0.25) is 0 Å². The Morgan fingerprint density at radius 3 is 2.86 bits per heavy atom. The number of amides is 1. The van der Waals surface area contributed by atoms with Crippen molar-refractivity contribution in [3.05, 3.63) is 48.3 Å². The summed E-state index contributed by atoms with van der Waals surface area (Å²) >= 11 is 0. The summed E-state index contributed by atoms with van der Waals surface area (Å²) in [5.74, 6) is 0.930. The van der Waals surface area contributed by atoms with Crippen molar-refractivity contribution in [1.82, 2.24) is 14.5 Å². The van der Waals surface area contributed by atoms with Gasteiger partial charge >= 0.3 is 0 Å². The predicted octanol–water partition coefficient (Wildman–Crippen LogP) is 3.77. The first-order chi connectivity index (χ1) is 13.4. The van der Waals surface area contributed by atoms with Crippen LogP contribution in [0.15, 0.2) is 36.7 Å². The third kappa shape index (κ3) is 3.40. The van der Waals surface area contributed by atoms with E-state index in [1.54, 1.807) is 18.3 Å². The Balaban J connectivity index is 1.53. The minimum atomic E-state index is -0.212. The molecule has 0 bridgehead atoms. The molecule has 1 aromatic heterocycles. The summed E-state index contributed by atoms with van der Waals surface area (Å²) in [6.45, 7) is 7.84. The molecule has 2 aliphatic heterocycles. The quantitative estimate of drug-likeness (QED) is 0.806. The van der Waals surface area contributed by atoms with Gasteiger partial charge in [0.05, 0.1) is 12.1 Å². The number of aromatic nitrogens is 2. The highest BCUT2D eigenvalue weighted by atomic mass is 19.1. The number of rotatable bonds is 4. The number of nitrogens with zero attached hydrogens (tertiary/aromatic N) is 4. The maximum absolute atomic E-state index is 13.9. The minimum Gasteiger partial charge on any atom is -0.361 e. The van der Waals surface area contributed by atoms with Gasteiger partial charge in [0.2, 0.25) is 5.91 Å². The zero-order chi connectivity index (χ0) is 19.9. The number of halogens is 1. The Labute approximate surface area is 166 Å². The molecule has 2 atom stereocenters. The summed E-state index contributed by atoms with van der Waals surface area (Å²) in [5, 5.41) is 0. The molecule has 2 fully saturated rings. The van der Waals surface area contributed by atoms with E-state index in [2.05, 4.69) is 28.6 Å². The van der Waals surface area contributed by atoms with Crippen molar-refractivity contribution in [2.24, 2.45) is 0 Å². The molecule has 0 N–H and O–H groups in total. The SMILES string of the molecule is Cc1nccn1CCC(=O)N1CCC[C@H]2[C@@H]1CC(C)(C)N2c1cccc(F)c1. The van der Waals surface area contributed by atoms with Gasteiger partial charge in [0.1, 0.15) is 11.6 Å². The molecule has 2 aliphatic rings. The largest absolute Gasteiger partial charge is 0.361 e. The summed E-state index contributed by atoms with van der Waals surface area (Å²) in [5.41, 5.74) is 0.799. The third-order valence-electron chi connectivity index (χ3n) is 6.33. The van der Waals surface area contributed by atoms with Crippen molar-refractivity contribution in [2.75, 3.05) is 11.4 Å². The highest BCUT2D eigenvalue weighted by Crippen LogP contribution is 2.43. The second-order valence-corrected chi connectivity index (χ2v) is 8.65. The second-order valence-electron chi connectivity index (χ2n) is 8.65. The lowest BCUT2D eigenvalue weighted by molar-refractivity contribution is -0.135. The van der Waals surface area contributed by atoms with Crippen LogP contribution in [0.5, 0.6) is 0 Å². The third-order valence-corrected chi connectivity index (χ3v) is 6.33. The Bertz CT molecular complexity index is 862. The monoisotopic (exact) mass is 384 g/mol. The van der Waals surface area contributed by atoms with Crippen molar-refractivity contribution < 1.29 is 9.18 Å². The Kier molecular flexibility index (Phi) is 4.89. The fourth-order valence-electron chi connectivity index (χ4n) is 5.12. The molecule has 5 nitrogen and oxygen atoms in total. The average molecular weight is 384 g/mol. The van der Waals surface area contributed by atoms with E-state index in [1.165, 1.54) is 6.07 Å². The molecule has 2 aromatic rings.